The number of carbonyl (C=O) groups excluding carboxylic acids is 10. The minimum atomic E-state index is -1.70. The Hall–Kier alpha value is -6.36. The van der Waals surface area contributed by atoms with Crippen LogP contribution in [0.2, 0.25) is 0 Å². The second kappa shape index (κ2) is 25.7. The number of likely N-dealkylation sites (N-methyl/N-ethyl adjacent to an activating group) is 1. The van der Waals surface area contributed by atoms with Crippen LogP contribution in [0.4, 0.5) is 0 Å². The quantitative estimate of drug-likeness (QED) is 0.0420. The first-order valence-electron chi connectivity index (χ1n) is 21.1. The summed E-state index contributed by atoms with van der Waals surface area (Å²) in [5.41, 5.74) is 16.8. The first kappa shape index (κ1) is 53.8. The highest BCUT2D eigenvalue weighted by atomic mass is 16.3. The molecule has 0 radical (unpaired) electrons. The molecule has 2 unspecified atom stereocenters. The smallest absolute Gasteiger partial charge is 0.248 e. The molecule has 1 aliphatic rings. The van der Waals surface area contributed by atoms with Crippen LogP contribution in [0.25, 0.3) is 0 Å². The highest BCUT2D eigenvalue weighted by Gasteiger charge is 2.41. The normalized spacial score (nSPS) is 17.2. The van der Waals surface area contributed by atoms with Crippen LogP contribution in [0.15, 0.2) is 24.3 Å². The van der Waals surface area contributed by atoms with Gasteiger partial charge in [-0.1, -0.05) is 46.2 Å². The van der Waals surface area contributed by atoms with Crippen molar-refractivity contribution in [3.8, 4) is 5.75 Å². The van der Waals surface area contributed by atoms with Gasteiger partial charge in [0, 0.05) is 19.4 Å². The van der Waals surface area contributed by atoms with Crippen molar-refractivity contribution < 1.29 is 58.2 Å². The molecule has 1 aliphatic heterocycles. The van der Waals surface area contributed by atoms with Crippen LogP contribution in [-0.4, -0.2) is 143 Å². The van der Waals surface area contributed by atoms with Gasteiger partial charge >= 0.3 is 0 Å². The van der Waals surface area contributed by atoms with Gasteiger partial charge in [0.15, 0.2) is 0 Å². The monoisotopic (exact) mass is 903 g/mol. The minimum absolute atomic E-state index is 0.00695. The number of aliphatic hydroxyl groups is 1. The number of nitrogens with zero attached hydrogens (tertiary/aromatic N) is 1. The third-order valence-electron chi connectivity index (χ3n) is 10.7. The number of hydrogen-bond acceptors (Lipinski definition) is 13. The molecule has 15 N–H and O–H groups in total. The molecular formula is C41H65N11O12. The number of phenolic OH excluding ortho intramolecular Hbond substituents is 1. The van der Waals surface area contributed by atoms with E-state index in [-0.39, 0.29) is 44.0 Å². The van der Waals surface area contributed by atoms with Crippen molar-refractivity contribution in [3.05, 3.63) is 29.8 Å². The Balaban J connectivity index is 2.33. The van der Waals surface area contributed by atoms with Gasteiger partial charge in [-0.05, 0) is 62.8 Å². The Morgan fingerprint density at radius 3 is 1.84 bits per heavy atom. The summed E-state index contributed by atoms with van der Waals surface area (Å²) in [6.07, 6.45) is -2.30. The van der Waals surface area contributed by atoms with E-state index in [1.807, 2.05) is 0 Å². The number of aliphatic hydroxyl groups excluding tert-OH is 1. The molecule has 23 heteroatoms. The lowest BCUT2D eigenvalue weighted by Gasteiger charge is -2.32. The molecule has 64 heavy (non-hydrogen) atoms. The molecule has 2 rings (SSSR count). The number of nitrogens with two attached hydrogens (primary N) is 3. The fourth-order valence-corrected chi connectivity index (χ4v) is 6.87. The third-order valence-corrected chi connectivity index (χ3v) is 10.7. The predicted octanol–water partition coefficient (Wildman–Crippen LogP) is -4.24. The standard InChI is InChI=1S/C41H65N11O12/c1-7-21(4)33(35(44)58)50-40(63)32(20(2)3)49-38(61)27(18-30(43)56)48-36(59)25(14-15-29(42)55)47-39(62)28-9-8-16-52(28)41(64)34(22(5)53)51-37(60)26(46-31(57)19-45-6)17-23-10-12-24(54)13-11-23/h10-13,20-22,25-28,32-34,45,53-54H,7-9,14-19H2,1-6H3,(H2,42,55)(H2,43,56)(H2,44,58)(H,46,57)(H,47,62)(H,48,59)(H,49,61)(H,50,63)(H,51,60)/t21?,22?,25-,26-,27-,28-,32-,33-,34-/m0/s1. The van der Waals surface area contributed by atoms with E-state index in [0.717, 1.165) is 4.90 Å². The van der Waals surface area contributed by atoms with Gasteiger partial charge in [-0.25, -0.2) is 0 Å². The number of benzene rings is 1. The highest BCUT2D eigenvalue weighted by molar-refractivity contribution is 5.99. The molecule has 356 valence electrons. The van der Waals surface area contributed by atoms with Gasteiger partial charge in [0.2, 0.25) is 59.1 Å². The Labute approximate surface area is 371 Å². The number of hydrogen-bond donors (Lipinski definition) is 12. The average molecular weight is 904 g/mol. The van der Waals surface area contributed by atoms with Gasteiger partial charge in [0.1, 0.15) is 48.0 Å². The molecule has 1 heterocycles. The molecule has 0 aromatic heterocycles. The van der Waals surface area contributed by atoms with Crippen LogP contribution in [0, 0.1) is 11.8 Å². The maximum atomic E-state index is 14.0. The lowest BCUT2D eigenvalue weighted by atomic mass is 9.96. The molecule has 0 saturated carbocycles. The van der Waals surface area contributed by atoms with E-state index < -0.39 is 133 Å². The summed E-state index contributed by atoms with van der Waals surface area (Å²) in [5.74, 6) is -9.59. The number of aromatic hydroxyl groups is 1. The average Bonchev–Trinajstić information content (AvgIpc) is 3.72. The van der Waals surface area contributed by atoms with Crippen molar-refractivity contribution in [2.24, 2.45) is 29.0 Å². The lowest BCUT2D eigenvalue weighted by Crippen LogP contribution is -2.62. The van der Waals surface area contributed by atoms with Crippen molar-refractivity contribution in [2.75, 3.05) is 20.1 Å². The number of carbonyl (C=O) groups is 10. The number of phenols is 1. The Bertz CT molecular complexity index is 1840. The molecule has 9 atom stereocenters. The van der Waals surface area contributed by atoms with E-state index in [9.17, 15) is 58.2 Å². The molecule has 0 aliphatic carbocycles. The summed E-state index contributed by atoms with van der Waals surface area (Å²) in [7, 11) is 1.53. The number of primary amides is 3. The van der Waals surface area contributed by atoms with Crippen molar-refractivity contribution in [1.29, 1.82) is 0 Å². The van der Waals surface area contributed by atoms with Crippen LogP contribution in [0.3, 0.4) is 0 Å². The van der Waals surface area contributed by atoms with E-state index in [1.54, 1.807) is 27.7 Å². The SMILES string of the molecule is CCC(C)[C@H](NC(=O)[C@@H](NC(=O)[C@H](CC(N)=O)NC(=O)[C@H](CCC(N)=O)NC(=O)[C@@H]1CCCN1C(=O)[C@@H](NC(=O)[C@H](Cc1ccc(O)cc1)NC(=O)CNC)C(C)O)C(C)C)C(N)=O. The van der Waals surface area contributed by atoms with Gasteiger partial charge in [-0.15, -0.1) is 0 Å². The summed E-state index contributed by atoms with van der Waals surface area (Å²) in [6.45, 7) is 7.78. The van der Waals surface area contributed by atoms with Crippen molar-refractivity contribution >= 4 is 59.1 Å². The summed E-state index contributed by atoms with van der Waals surface area (Å²) >= 11 is 0. The molecule has 0 bridgehead atoms. The van der Waals surface area contributed by atoms with Gasteiger partial charge in [-0.2, -0.15) is 0 Å². The molecule has 1 fully saturated rings. The number of amides is 10. The fraction of sp³-hybridized carbons (Fsp3) is 0.610. The molecule has 1 aromatic carbocycles. The van der Waals surface area contributed by atoms with Crippen molar-refractivity contribution in [3.63, 3.8) is 0 Å². The van der Waals surface area contributed by atoms with Gasteiger partial charge in [0.25, 0.3) is 0 Å². The van der Waals surface area contributed by atoms with Crippen LogP contribution >= 0.6 is 0 Å². The zero-order valence-electron chi connectivity index (χ0n) is 37.1. The zero-order valence-corrected chi connectivity index (χ0v) is 37.1. The maximum Gasteiger partial charge on any atom is 0.248 e. The molecular weight excluding hydrogens is 839 g/mol. The number of nitrogens with one attached hydrogen (secondary N) is 7. The van der Waals surface area contributed by atoms with E-state index in [0.29, 0.717) is 12.0 Å². The number of rotatable bonds is 26. The van der Waals surface area contributed by atoms with E-state index in [2.05, 4.69) is 37.2 Å². The van der Waals surface area contributed by atoms with Crippen LogP contribution in [0.1, 0.15) is 78.7 Å². The summed E-state index contributed by atoms with van der Waals surface area (Å²) < 4.78 is 0. The Kier molecular flexibility index (Phi) is 21.6. The molecule has 0 spiro atoms. The zero-order chi connectivity index (χ0) is 48.4. The molecule has 1 aromatic rings. The summed E-state index contributed by atoms with van der Waals surface area (Å²) in [5, 5.41) is 38.0. The van der Waals surface area contributed by atoms with Gasteiger partial charge in [-0.3, -0.25) is 47.9 Å². The highest BCUT2D eigenvalue weighted by Crippen LogP contribution is 2.21. The number of likely N-dealkylation sites (tertiary alicyclic amines) is 1. The second-order valence-corrected chi connectivity index (χ2v) is 16.2. The van der Waals surface area contributed by atoms with E-state index in [1.165, 1.54) is 38.2 Å². The molecule has 10 amide bonds. The Morgan fingerprint density at radius 1 is 0.734 bits per heavy atom. The van der Waals surface area contributed by atoms with Crippen LogP contribution in [-0.2, 0) is 54.4 Å². The lowest BCUT2D eigenvalue weighted by molar-refractivity contribution is -0.144. The summed E-state index contributed by atoms with van der Waals surface area (Å²) in [4.78, 5) is 132. The summed E-state index contributed by atoms with van der Waals surface area (Å²) in [6, 6.07) is -3.87. The largest absolute Gasteiger partial charge is 0.508 e. The first-order chi connectivity index (χ1) is 30.0. The second-order valence-electron chi connectivity index (χ2n) is 16.2. The van der Waals surface area contributed by atoms with E-state index in [4.69, 9.17) is 17.2 Å². The van der Waals surface area contributed by atoms with Crippen LogP contribution in [0.5, 0.6) is 5.75 Å². The van der Waals surface area contributed by atoms with Crippen molar-refractivity contribution in [1.82, 2.24) is 42.1 Å². The topological polar surface area (TPSA) is 377 Å². The predicted molar refractivity (Wildman–Crippen MR) is 229 cm³/mol. The molecule has 1 saturated heterocycles. The first-order valence-corrected chi connectivity index (χ1v) is 21.1. The van der Waals surface area contributed by atoms with Crippen molar-refractivity contribution in [2.45, 2.75) is 128 Å². The Morgan fingerprint density at radius 2 is 1.31 bits per heavy atom. The maximum absolute atomic E-state index is 14.0. The van der Waals surface area contributed by atoms with Gasteiger partial charge < -0.3 is 69.5 Å². The van der Waals surface area contributed by atoms with Gasteiger partial charge in [0.05, 0.1) is 19.1 Å². The van der Waals surface area contributed by atoms with Crippen LogP contribution < -0.4 is 54.4 Å². The fourth-order valence-electron chi connectivity index (χ4n) is 6.87. The third kappa shape index (κ3) is 16.7. The van der Waals surface area contributed by atoms with E-state index >= 15 is 0 Å². The minimum Gasteiger partial charge on any atom is -0.508 e. The molecule has 23 nitrogen and oxygen atoms in total.